The van der Waals surface area contributed by atoms with E-state index in [9.17, 15) is 9.59 Å². The predicted octanol–water partition coefficient (Wildman–Crippen LogP) is 5.01. The summed E-state index contributed by atoms with van der Waals surface area (Å²) in [5, 5.41) is 5.79. The Bertz CT molecular complexity index is 975. The first-order valence-electron chi connectivity index (χ1n) is 10.0. The number of ether oxygens (including phenoxy) is 1. The molecule has 1 aromatic heterocycles. The number of benzene rings is 1. The highest BCUT2D eigenvalue weighted by molar-refractivity contribution is 6.36. The lowest BCUT2D eigenvalue weighted by molar-refractivity contribution is -0.148. The summed E-state index contributed by atoms with van der Waals surface area (Å²) >= 11 is 18.9. The molecule has 0 N–H and O–H groups in total. The van der Waals surface area contributed by atoms with Crippen molar-refractivity contribution in [2.45, 2.75) is 33.2 Å². The van der Waals surface area contributed by atoms with Gasteiger partial charge in [-0.05, 0) is 43.9 Å². The molecule has 1 aliphatic rings. The van der Waals surface area contributed by atoms with Crippen LogP contribution in [0.1, 0.15) is 36.6 Å². The Morgan fingerprint density at radius 2 is 1.84 bits per heavy atom. The van der Waals surface area contributed by atoms with E-state index in [-0.39, 0.29) is 12.5 Å². The maximum atomic E-state index is 12.2. The molecule has 2 heterocycles. The zero-order valence-corrected chi connectivity index (χ0v) is 19.7. The average Bonchev–Trinajstić information content (AvgIpc) is 3.00. The summed E-state index contributed by atoms with van der Waals surface area (Å²) < 4.78 is 6.66. The van der Waals surface area contributed by atoms with E-state index in [1.807, 2.05) is 0 Å². The number of hydrogen-bond donors (Lipinski definition) is 0. The van der Waals surface area contributed by atoms with E-state index in [0.717, 1.165) is 12.8 Å². The van der Waals surface area contributed by atoms with Crippen LogP contribution in [0.2, 0.25) is 15.2 Å². The Hall–Kier alpha value is -2.02. The van der Waals surface area contributed by atoms with Crippen LogP contribution in [0.4, 0.5) is 0 Å². The zero-order valence-electron chi connectivity index (χ0n) is 17.4. The Labute approximate surface area is 196 Å². The molecule has 0 spiro atoms. The second-order valence-corrected chi connectivity index (χ2v) is 8.82. The number of esters is 1. The van der Waals surface area contributed by atoms with Crippen molar-refractivity contribution in [2.24, 2.45) is 5.92 Å². The van der Waals surface area contributed by atoms with Gasteiger partial charge in [0.05, 0.1) is 12.2 Å². The van der Waals surface area contributed by atoms with Crippen molar-refractivity contribution in [3.63, 3.8) is 0 Å². The number of aryl methyl sites for hydroxylation is 1. The van der Waals surface area contributed by atoms with Crippen molar-refractivity contribution >= 4 is 52.8 Å². The fraction of sp³-hybridized carbons (Fsp3) is 0.409. The molecule has 9 heteroatoms. The first kappa shape index (κ1) is 23.6. The molecule has 1 amide bonds. The Balaban J connectivity index is 1.60. The van der Waals surface area contributed by atoms with Crippen molar-refractivity contribution in [3.05, 3.63) is 56.3 Å². The van der Waals surface area contributed by atoms with Crippen LogP contribution in [0.25, 0.3) is 6.08 Å². The monoisotopic (exact) mass is 483 g/mol. The molecule has 0 radical (unpaired) electrons. The van der Waals surface area contributed by atoms with Gasteiger partial charge in [0, 0.05) is 40.3 Å². The molecule has 0 saturated carbocycles. The standard InChI is InChI=1S/C22H24Cl3N3O3/c1-14-8-10-27(11-9-14)20(29)13-31-21(30)7-6-16-15(2)26-28(22(16)25)12-17-18(23)4-3-5-19(17)24/h3-7,14H,8-13H2,1-2H3. The van der Waals surface area contributed by atoms with Gasteiger partial charge in [-0.2, -0.15) is 5.10 Å². The van der Waals surface area contributed by atoms with Gasteiger partial charge in [0.15, 0.2) is 6.61 Å². The first-order valence-corrected chi connectivity index (χ1v) is 11.2. The van der Waals surface area contributed by atoms with E-state index in [1.165, 1.54) is 12.2 Å². The molecule has 3 rings (SSSR count). The molecule has 1 aliphatic heterocycles. The number of hydrogen-bond acceptors (Lipinski definition) is 4. The van der Waals surface area contributed by atoms with Gasteiger partial charge in [-0.25, -0.2) is 9.48 Å². The SMILES string of the molecule is Cc1nn(Cc2c(Cl)cccc2Cl)c(Cl)c1C=CC(=O)OCC(=O)N1CCC(C)CC1. The highest BCUT2D eigenvalue weighted by Gasteiger charge is 2.21. The van der Waals surface area contributed by atoms with Crippen molar-refractivity contribution in [1.29, 1.82) is 0 Å². The minimum absolute atomic E-state index is 0.174. The topological polar surface area (TPSA) is 64.4 Å². The van der Waals surface area contributed by atoms with E-state index < -0.39 is 5.97 Å². The molecule has 31 heavy (non-hydrogen) atoms. The quantitative estimate of drug-likeness (QED) is 0.427. The number of rotatable bonds is 6. The van der Waals surface area contributed by atoms with Crippen LogP contribution in [0.15, 0.2) is 24.3 Å². The third-order valence-corrected chi connectivity index (χ3v) is 6.45. The number of halogens is 3. The number of likely N-dealkylation sites (tertiary alicyclic amines) is 1. The van der Waals surface area contributed by atoms with Crippen LogP contribution in [-0.2, 0) is 20.9 Å². The van der Waals surface area contributed by atoms with Gasteiger partial charge in [0.2, 0.25) is 0 Å². The van der Waals surface area contributed by atoms with Crippen molar-refractivity contribution in [2.75, 3.05) is 19.7 Å². The van der Waals surface area contributed by atoms with Gasteiger partial charge in [-0.1, -0.05) is 47.8 Å². The Kier molecular flexibility index (Phi) is 8.03. The van der Waals surface area contributed by atoms with Crippen LogP contribution >= 0.6 is 34.8 Å². The lowest BCUT2D eigenvalue weighted by Crippen LogP contribution is -2.40. The van der Waals surface area contributed by atoms with Crippen LogP contribution < -0.4 is 0 Å². The molecular weight excluding hydrogens is 461 g/mol. The third-order valence-electron chi connectivity index (χ3n) is 5.34. The smallest absolute Gasteiger partial charge is 0.331 e. The highest BCUT2D eigenvalue weighted by atomic mass is 35.5. The number of aromatic nitrogens is 2. The molecule has 1 aromatic carbocycles. The second kappa shape index (κ2) is 10.5. The lowest BCUT2D eigenvalue weighted by Gasteiger charge is -2.30. The normalized spacial score (nSPS) is 14.9. The molecule has 0 atom stereocenters. The van der Waals surface area contributed by atoms with E-state index in [1.54, 1.807) is 34.7 Å². The number of carbonyl (C=O) groups excluding carboxylic acids is 2. The maximum Gasteiger partial charge on any atom is 0.331 e. The van der Waals surface area contributed by atoms with E-state index in [4.69, 9.17) is 39.5 Å². The van der Waals surface area contributed by atoms with Crippen molar-refractivity contribution in [3.8, 4) is 0 Å². The summed E-state index contributed by atoms with van der Waals surface area (Å²) in [5.41, 5.74) is 1.92. The minimum Gasteiger partial charge on any atom is -0.452 e. The Morgan fingerprint density at radius 1 is 1.19 bits per heavy atom. The summed E-state index contributed by atoms with van der Waals surface area (Å²) in [6, 6.07) is 5.26. The molecule has 0 bridgehead atoms. The average molecular weight is 485 g/mol. The number of nitrogens with zero attached hydrogens (tertiary/aromatic N) is 3. The number of piperidine rings is 1. The van der Waals surface area contributed by atoms with Crippen LogP contribution in [0, 0.1) is 12.8 Å². The van der Waals surface area contributed by atoms with Gasteiger partial charge < -0.3 is 9.64 Å². The molecule has 0 aliphatic carbocycles. The summed E-state index contributed by atoms with van der Waals surface area (Å²) in [7, 11) is 0. The van der Waals surface area contributed by atoms with Crippen molar-refractivity contribution in [1.82, 2.24) is 14.7 Å². The van der Waals surface area contributed by atoms with Gasteiger partial charge in [0.1, 0.15) is 5.15 Å². The van der Waals surface area contributed by atoms with E-state index >= 15 is 0 Å². The lowest BCUT2D eigenvalue weighted by atomic mass is 9.99. The molecule has 166 valence electrons. The molecule has 6 nitrogen and oxygen atoms in total. The molecular formula is C22H24Cl3N3O3. The maximum absolute atomic E-state index is 12.2. The minimum atomic E-state index is -0.615. The number of amides is 1. The summed E-state index contributed by atoms with van der Waals surface area (Å²) in [6.07, 6.45) is 4.72. The van der Waals surface area contributed by atoms with Crippen LogP contribution in [0.3, 0.4) is 0 Å². The fourth-order valence-electron chi connectivity index (χ4n) is 3.38. The molecule has 2 aromatic rings. The first-order chi connectivity index (χ1) is 14.8. The van der Waals surface area contributed by atoms with Gasteiger partial charge in [0.25, 0.3) is 5.91 Å². The zero-order chi connectivity index (χ0) is 22.5. The predicted molar refractivity (Wildman–Crippen MR) is 123 cm³/mol. The van der Waals surface area contributed by atoms with E-state index in [0.29, 0.717) is 57.6 Å². The van der Waals surface area contributed by atoms with Gasteiger partial charge in [-0.3, -0.25) is 4.79 Å². The second-order valence-electron chi connectivity index (χ2n) is 7.65. The summed E-state index contributed by atoms with van der Waals surface area (Å²) in [4.78, 5) is 26.0. The number of carbonyl (C=O) groups is 2. The Morgan fingerprint density at radius 3 is 2.48 bits per heavy atom. The molecule has 0 unspecified atom stereocenters. The van der Waals surface area contributed by atoms with E-state index in [2.05, 4.69) is 12.0 Å². The van der Waals surface area contributed by atoms with Gasteiger partial charge in [-0.15, -0.1) is 0 Å². The molecule has 1 fully saturated rings. The summed E-state index contributed by atoms with van der Waals surface area (Å²) in [6.45, 7) is 5.38. The highest BCUT2D eigenvalue weighted by Crippen LogP contribution is 2.28. The van der Waals surface area contributed by atoms with Crippen LogP contribution in [0.5, 0.6) is 0 Å². The van der Waals surface area contributed by atoms with Crippen molar-refractivity contribution < 1.29 is 14.3 Å². The third kappa shape index (κ3) is 6.03. The fourth-order valence-corrected chi connectivity index (χ4v) is 4.19. The van der Waals surface area contributed by atoms with Gasteiger partial charge >= 0.3 is 5.97 Å². The van der Waals surface area contributed by atoms with Crippen LogP contribution in [-0.4, -0.2) is 46.3 Å². The molecule has 1 saturated heterocycles. The largest absolute Gasteiger partial charge is 0.452 e. The summed E-state index contributed by atoms with van der Waals surface area (Å²) in [5.74, 6) is -0.166.